The summed E-state index contributed by atoms with van der Waals surface area (Å²) in [5.74, 6) is 1.17. The molecule has 0 amide bonds. The Morgan fingerprint density at radius 3 is 3.07 bits per heavy atom. The van der Waals surface area contributed by atoms with Crippen LogP contribution in [-0.4, -0.2) is 28.7 Å². The molecule has 1 N–H and O–H groups in total. The van der Waals surface area contributed by atoms with Gasteiger partial charge in [0.15, 0.2) is 5.82 Å². The molecule has 2 aromatic heterocycles. The zero-order valence-corrected chi connectivity index (χ0v) is 8.47. The Morgan fingerprint density at radius 1 is 1.40 bits per heavy atom. The van der Waals surface area contributed by atoms with Crippen molar-refractivity contribution in [2.75, 3.05) is 13.6 Å². The van der Waals surface area contributed by atoms with Gasteiger partial charge in [-0.1, -0.05) is 11.2 Å². The Morgan fingerprint density at radius 2 is 2.33 bits per heavy atom. The monoisotopic (exact) mass is 204 g/mol. The summed E-state index contributed by atoms with van der Waals surface area (Å²) in [5, 5.41) is 6.89. The second kappa shape index (κ2) is 4.65. The molecule has 0 unspecified atom stereocenters. The van der Waals surface area contributed by atoms with Crippen molar-refractivity contribution in [1.82, 2.24) is 20.4 Å². The van der Waals surface area contributed by atoms with E-state index in [1.54, 1.807) is 6.20 Å². The van der Waals surface area contributed by atoms with Gasteiger partial charge in [-0.2, -0.15) is 4.98 Å². The Bertz CT molecular complexity index is 412. The first kappa shape index (κ1) is 9.79. The quantitative estimate of drug-likeness (QED) is 0.801. The van der Waals surface area contributed by atoms with Crippen molar-refractivity contribution in [3.05, 3.63) is 30.2 Å². The van der Waals surface area contributed by atoms with Gasteiger partial charge in [-0.05, 0) is 19.2 Å². The SMILES string of the molecule is CNCCc1noc(-c2ccccn2)n1. The molecule has 0 saturated carbocycles. The number of hydrogen-bond acceptors (Lipinski definition) is 5. The van der Waals surface area contributed by atoms with E-state index in [1.807, 2.05) is 25.2 Å². The van der Waals surface area contributed by atoms with Gasteiger partial charge >= 0.3 is 0 Å². The van der Waals surface area contributed by atoms with Gasteiger partial charge in [-0.15, -0.1) is 0 Å². The van der Waals surface area contributed by atoms with Gasteiger partial charge in [0.25, 0.3) is 5.89 Å². The number of pyridine rings is 1. The van der Waals surface area contributed by atoms with Gasteiger partial charge in [0.1, 0.15) is 5.69 Å². The second-order valence-electron chi connectivity index (χ2n) is 3.08. The Kier molecular flexibility index (Phi) is 3.04. The van der Waals surface area contributed by atoms with Crippen LogP contribution in [0.2, 0.25) is 0 Å². The topological polar surface area (TPSA) is 63.8 Å². The van der Waals surface area contributed by atoms with Crippen LogP contribution in [0.5, 0.6) is 0 Å². The standard InChI is InChI=1S/C10H12N4O/c1-11-7-5-9-13-10(15-14-9)8-4-2-3-6-12-8/h2-4,6,11H,5,7H2,1H3. The fraction of sp³-hybridized carbons (Fsp3) is 0.300. The zero-order chi connectivity index (χ0) is 10.5. The minimum Gasteiger partial charge on any atom is -0.332 e. The summed E-state index contributed by atoms with van der Waals surface area (Å²) in [5.41, 5.74) is 0.709. The Balaban J connectivity index is 2.14. The number of rotatable bonds is 4. The number of likely N-dealkylation sites (N-methyl/N-ethyl adjacent to an activating group) is 1. The maximum atomic E-state index is 5.10. The van der Waals surface area contributed by atoms with Crippen molar-refractivity contribution >= 4 is 0 Å². The molecule has 0 radical (unpaired) electrons. The highest BCUT2D eigenvalue weighted by atomic mass is 16.5. The van der Waals surface area contributed by atoms with Crippen molar-refractivity contribution in [3.63, 3.8) is 0 Å². The average Bonchev–Trinajstić information content (AvgIpc) is 2.76. The second-order valence-corrected chi connectivity index (χ2v) is 3.08. The lowest BCUT2D eigenvalue weighted by Crippen LogP contribution is -2.11. The van der Waals surface area contributed by atoms with Crippen LogP contribution in [0.1, 0.15) is 5.82 Å². The summed E-state index contributed by atoms with van der Waals surface area (Å²) in [6.07, 6.45) is 2.46. The molecule has 78 valence electrons. The summed E-state index contributed by atoms with van der Waals surface area (Å²) in [6.45, 7) is 0.835. The van der Waals surface area contributed by atoms with E-state index in [9.17, 15) is 0 Å². The minimum absolute atomic E-state index is 0.474. The van der Waals surface area contributed by atoms with E-state index in [-0.39, 0.29) is 0 Å². The molecule has 2 rings (SSSR count). The van der Waals surface area contributed by atoms with Gasteiger partial charge in [0.05, 0.1) is 0 Å². The number of aromatic nitrogens is 3. The molecule has 5 heteroatoms. The number of nitrogens with zero attached hydrogens (tertiary/aromatic N) is 3. The predicted molar refractivity (Wildman–Crippen MR) is 55.2 cm³/mol. The lowest BCUT2D eigenvalue weighted by molar-refractivity contribution is 0.421. The van der Waals surface area contributed by atoms with Crippen LogP contribution in [0.3, 0.4) is 0 Å². The van der Waals surface area contributed by atoms with Crippen molar-refractivity contribution in [1.29, 1.82) is 0 Å². The molecule has 0 aliphatic heterocycles. The van der Waals surface area contributed by atoms with E-state index in [1.165, 1.54) is 0 Å². The molecule has 15 heavy (non-hydrogen) atoms. The van der Waals surface area contributed by atoms with Crippen LogP contribution in [0.4, 0.5) is 0 Å². The molecule has 5 nitrogen and oxygen atoms in total. The summed E-state index contributed by atoms with van der Waals surface area (Å²) in [4.78, 5) is 8.37. The maximum absolute atomic E-state index is 5.10. The molecule has 0 fully saturated rings. The summed E-state index contributed by atoms with van der Waals surface area (Å²) < 4.78 is 5.10. The van der Waals surface area contributed by atoms with Crippen molar-refractivity contribution in [3.8, 4) is 11.6 Å². The molecule has 0 aromatic carbocycles. The summed E-state index contributed by atoms with van der Waals surface area (Å²) in [7, 11) is 1.89. The molecule has 0 aliphatic carbocycles. The smallest absolute Gasteiger partial charge is 0.276 e. The highest BCUT2D eigenvalue weighted by Crippen LogP contribution is 2.12. The van der Waals surface area contributed by atoms with E-state index in [0.717, 1.165) is 13.0 Å². The van der Waals surface area contributed by atoms with Gasteiger partial charge < -0.3 is 9.84 Å². The molecule has 0 saturated heterocycles. The fourth-order valence-electron chi connectivity index (χ4n) is 1.19. The summed E-state index contributed by atoms with van der Waals surface area (Å²) in [6, 6.07) is 5.58. The third-order valence-corrected chi connectivity index (χ3v) is 1.95. The average molecular weight is 204 g/mol. The largest absolute Gasteiger partial charge is 0.332 e. The van der Waals surface area contributed by atoms with Crippen LogP contribution in [0.25, 0.3) is 11.6 Å². The van der Waals surface area contributed by atoms with E-state index < -0.39 is 0 Å². The number of hydrogen-bond donors (Lipinski definition) is 1. The minimum atomic E-state index is 0.474. The molecule has 2 aromatic rings. The van der Waals surface area contributed by atoms with Crippen molar-refractivity contribution in [2.24, 2.45) is 0 Å². The summed E-state index contributed by atoms with van der Waals surface area (Å²) >= 11 is 0. The van der Waals surface area contributed by atoms with E-state index in [4.69, 9.17) is 4.52 Å². The first-order valence-electron chi connectivity index (χ1n) is 4.79. The molecular formula is C10H12N4O. The highest BCUT2D eigenvalue weighted by Gasteiger charge is 2.08. The molecular weight excluding hydrogens is 192 g/mol. The van der Waals surface area contributed by atoms with Gasteiger partial charge in [0.2, 0.25) is 0 Å². The van der Waals surface area contributed by atoms with Gasteiger partial charge in [-0.3, -0.25) is 4.98 Å². The lowest BCUT2D eigenvalue weighted by Gasteiger charge is -1.91. The molecule has 0 aliphatic rings. The molecule has 0 bridgehead atoms. The predicted octanol–water partition coefficient (Wildman–Crippen LogP) is 0.893. The number of nitrogens with one attached hydrogen (secondary N) is 1. The third kappa shape index (κ3) is 2.38. The first-order chi connectivity index (χ1) is 7.40. The fourth-order valence-corrected chi connectivity index (χ4v) is 1.19. The van der Waals surface area contributed by atoms with Crippen LogP contribution < -0.4 is 5.32 Å². The molecule has 2 heterocycles. The zero-order valence-electron chi connectivity index (χ0n) is 8.47. The highest BCUT2D eigenvalue weighted by molar-refractivity contribution is 5.45. The van der Waals surface area contributed by atoms with E-state index in [2.05, 4.69) is 20.4 Å². The molecule has 0 atom stereocenters. The first-order valence-corrected chi connectivity index (χ1v) is 4.79. The Hall–Kier alpha value is -1.75. The van der Waals surface area contributed by atoms with Crippen LogP contribution in [-0.2, 0) is 6.42 Å². The third-order valence-electron chi connectivity index (χ3n) is 1.95. The van der Waals surface area contributed by atoms with Crippen LogP contribution in [0.15, 0.2) is 28.9 Å². The van der Waals surface area contributed by atoms with E-state index >= 15 is 0 Å². The van der Waals surface area contributed by atoms with E-state index in [0.29, 0.717) is 17.4 Å². The van der Waals surface area contributed by atoms with Gasteiger partial charge in [-0.25, -0.2) is 0 Å². The van der Waals surface area contributed by atoms with Crippen LogP contribution in [0, 0.1) is 0 Å². The maximum Gasteiger partial charge on any atom is 0.276 e. The van der Waals surface area contributed by atoms with Crippen molar-refractivity contribution < 1.29 is 4.52 Å². The normalized spacial score (nSPS) is 10.5. The Labute approximate surface area is 87.5 Å². The van der Waals surface area contributed by atoms with Crippen molar-refractivity contribution in [2.45, 2.75) is 6.42 Å². The van der Waals surface area contributed by atoms with Crippen LogP contribution >= 0.6 is 0 Å². The lowest BCUT2D eigenvalue weighted by atomic mass is 10.3. The molecule has 0 spiro atoms. The van der Waals surface area contributed by atoms with Gasteiger partial charge in [0, 0.05) is 19.2 Å².